The van der Waals surface area contributed by atoms with E-state index < -0.39 is 12.6 Å². The number of alkyl halides is 3. The fraction of sp³-hybridized carbons (Fsp3) is 0.889. The molecule has 16 heavy (non-hydrogen) atoms. The van der Waals surface area contributed by atoms with E-state index in [0.29, 0.717) is 0 Å². The van der Waals surface area contributed by atoms with Crippen LogP contribution in [0.4, 0.5) is 13.2 Å². The highest BCUT2D eigenvalue weighted by Crippen LogP contribution is 2.18. The summed E-state index contributed by atoms with van der Waals surface area (Å²) in [6.45, 7) is 0.565. The highest BCUT2D eigenvalue weighted by molar-refractivity contribution is 5.85. The van der Waals surface area contributed by atoms with Crippen LogP contribution in [0.3, 0.4) is 0 Å². The number of rotatable bonds is 4. The molecule has 1 rings (SSSR count). The molecule has 1 aliphatic rings. The van der Waals surface area contributed by atoms with Gasteiger partial charge in [-0.15, -0.1) is 12.4 Å². The van der Waals surface area contributed by atoms with E-state index in [9.17, 15) is 18.0 Å². The normalized spacial score (nSPS) is 20.3. The molecular formula is C9H16ClF3N2O. The molecule has 0 aromatic heterocycles. The molecule has 0 saturated carbocycles. The maximum Gasteiger partial charge on any atom is 0.390 e. The van der Waals surface area contributed by atoms with Gasteiger partial charge < -0.3 is 10.6 Å². The zero-order valence-electron chi connectivity index (χ0n) is 8.77. The van der Waals surface area contributed by atoms with Crippen molar-refractivity contribution in [3.8, 4) is 0 Å². The molecule has 1 heterocycles. The number of halogens is 4. The molecule has 1 aliphatic heterocycles. The van der Waals surface area contributed by atoms with E-state index in [1.807, 2.05) is 0 Å². The second-order valence-electron chi connectivity index (χ2n) is 3.71. The Balaban J connectivity index is 0.00000225. The van der Waals surface area contributed by atoms with Crippen LogP contribution in [-0.2, 0) is 4.79 Å². The van der Waals surface area contributed by atoms with Gasteiger partial charge in [-0.1, -0.05) is 0 Å². The Kier molecular flexibility index (Phi) is 6.74. The molecule has 1 fully saturated rings. The van der Waals surface area contributed by atoms with Gasteiger partial charge in [-0.25, -0.2) is 0 Å². The number of hydrogen-bond acceptors (Lipinski definition) is 2. The van der Waals surface area contributed by atoms with E-state index in [4.69, 9.17) is 0 Å². The first-order chi connectivity index (χ1) is 6.97. The van der Waals surface area contributed by atoms with Gasteiger partial charge >= 0.3 is 6.18 Å². The van der Waals surface area contributed by atoms with Crippen molar-refractivity contribution in [1.29, 1.82) is 0 Å². The minimum Gasteiger partial charge on any atom is -0.356 e. The first-order valence-corrected chi connectivity index (χ1v) is 5.04. The van der Waals surface area contributed by atoms with Gasteiger partial charge in [-0.05, 0) is 19.4 Å². The molecule has 3 nitrogen and oxygen atoms in total. The summed E-state index contributed by atoms with van der Waals surface area (Å²) in [5.41, 5.74) is 0. The van der Waals surface area contributed by atoms with Gasteiger partial charge in [0.25, 0.3) is 0 Å². The summed E-state index contributed by atoms with van der Waals surface area (Å²) in [5, 5.41) is 5.38. The molecule has 1 saturated heterocycles. The van der Waals surface area contributed by atoms with Crippen LogP contribution in [0.15, 0.2) is 0 Å². The second-order valence-corrected chi connectivity index (χ2v) is 3.71. The van der Waals surface area contributed by atoms with Crippen LogP contribution < -0.4 is 10.6 Å². The summed E-state index contributed by atoms with van der Waals surface area (Å²) in [6, 6.07) is 0.135. The molecule has 96 valence electrons. The van der Waals surface area contributed by atoms with Crippen molar-refractivity contribution in [2.45, 2.75) is 37.9 Å². The summed E-state index contributed by atoms with van der Waals surface area (Å²) < 4.78 is 35.2. The second kappa shape index (κ2) is 6.96. The maximum atomic E-state index is 11.7. The van der Waals surface area contributed by atoms with E-state index in [2.05, 4.69) is 10.6 Å². The lowest BCUT2D eigenvalue weighted by Gasteiger charge is -2.11. The monoisotopic (exact) mass is 260 g/mol. The lowest BCUT2D eigenvalue weighted by atomic mass is 10.1. The number of hydrogen-bond donors (Lipinski definition) is 2. The summed E-state index contributed by atoms with van der Waals surface area (Å²) in [7, 11) is 0. The molecular weight excluding hydrogens is 245 g/mol. The quantitative estimate of drug-likeness (QED) is 0.807. The molecule has 1 unspecified atom stereocenters. The van der Waals surface area contributed by atoms with E-state index in [1.165, 1.54) is 0 Å². The smallest absolute Gasteiger partial charge is 0.356 e. The third-order valence-corrected chi connectivity index (χ3v) is 2.32. The lowest BCUT2D eigenvalue weighted by Crippen LogP contribution is -2.33. The number of carbonyl (C=O) groups excluding carboxylic acids is 1. The predicted octanol–water partition coefficient (Wildman–Crippen LogP) is 1.62. The standard InChI is InChI=1S/C9H15F3N2O.ClH/c10-9(11,12)3-5-14-8(15)6-7-2-1-4-13-7;/h7,13H,1-6H2,(H,14,15);1H. The third-order valence-electron chi connectivity index (χ3n) is 2.32. The van der Waals surface area contributed by atoms with Gasteiger partial charge in [0.2, 0.25) is 5.91 Å². The zero-order chi connectivity index (χ0) is 11.3. The SMILES string of the molecule is Cl.O=C(CC1CCCN1)NCCC(F)(F)F. The average molecular weight is 261 g/mol. The molecule has 2 N–H and O–H groups in total. The molecule has 0 aliphatic carbocycles. The van der Waals surface area contributed by atoms with Crippen molar-refractivity contribution >= 4 is 18.3 Å². The minimum atomic E-state index is -4.20. The summed E-state index contributed by atoms with van der Waals surface area (Å²) in [4.78, 5) is 11.2. The Morgan fingerprint density at radius 3 is 2.62 bits per heavy atom. The molecule has 0 bridgehead atoms. The minimum absolute atomic E-state index is 0. The first-order valence-electron chi connectivity index (χ1n) is 5.04. The Morgan fingerprint density at radius 1 is 1.44 bits per heavy atom. The molecule has 1 atom stereocenters. The largest absolute Gasteiger partial charge is 0.390 e. The molecule has 1 amide bonds. The fourth-order valence-corrected chi connectivity index (χ4v) is 1.57. The fourth-order valence-electron chi connectivity index (χ4n) is 1.57. The summed E-state index contributed by atoms with van der Waals surface area (Å²) in [6.07, 6.45) is -2.93. The topological polar surface area (TPSA) is 41.1 Å². The number of carbonyl (C=O) groups is 1. The van der Waals surface area contributed by atoms with Crippen molar-refractivity contribution in [2.24, 2.45) is 0 Å². The number of nitrogens with one attached hydrogen (secondary N) is 2. The summed E-state index contributed by atoms with van der Waals surface area (Å²) >= 11 is 0. The van der Waals surface area contributed by atoms with Crippen LogP contribution in [0.25, 0.3) is 0 Å². The molecule has 0 spiro atoms. The third kappa shape index (κ3) is 6.90. The van der Waals surface area contributed by atoms with Gasteiger partial charge in [0.05, 0.1) is 6.42 Å². The Hall–Kier alpha value is -0.490. The van der Waals surface area contributed by atoms with Crippen molar-refractivity contribution in [1.82, 2.24) is 10.6 Å². The average Bonchev–Trinajstić information content (AvgIpc) is 2.54. The van der Waals surface area contributed by atoms with E-state index >= 15 is 0 Å². The van der Waals surface area contributed by atoms with Crippen LogP contribution in [-0.4, -0.2) is 31.2 Å². The highest BCUT2D eigenvalue weighted by atomic mass is 35.5. The Bertz CT molecular complexity index is 217. The summed E-state index contributed by atoms with van der Waals surface area (Å²) in [5.74, 6) is -0.307. The molecule has 0 radical (unpaired) electrons. The Morgan fingerprint density at radius 2 is 2.12 bits per heavy atom. The van der Waals surface area contributed by atoms with E-state index in [0.717, 1.165) is 19.4 Å². The lowest BCUT2D eigenvalue weighted by molar-refractivity contribution is -0.135. The Labute approximate surface area is 98.6 Å². The first kappa shape index (κ1) is 15.5. The van der Waals surface area contributed by atoms with Gasteiger partial charge in [0.15, 0.2) is 0 Å². The van der Waals surface area contributed by atoms with Crippen molar-refractivity contribution in [3.05, 3.63) is 0 Å². The number of amides is 1. The zero-order valence-corrected chi connectivity index (χ0v) is 9.59. The molecule has 7 heteroatoms. The van der Waals surface area contributed by atoms with E-state index in [-0.39, 0.29) is 37.3 Å². The van der Waals surface area contributed by atoms with Gasteiger partial charge in [-0.2, -0.15) is 13.2 Å². The van der Waals surface area contributed by atoms with Crippen LogP contribution >= 0.6 is 12.4 Å². The van der Waals surface area contributed by atoms with Crippen molar-refractivity contribution in [3.63, 3.8) is 0 Å². The van der Waals surface area contributed by atoms with Crippen molar-refractivity contribution < 1.29 is 18.0 Å². The van der Waals surface area contributed by atoms with Crippen molar-refractivity contribution in [2.75, 3.05) is 13.1 Å². The van der Waals surface area contributed by atoms with Gasteiger partial charge in [0, 0.05) is 19.0 Å². The van der Waals surface area contributed by atoms with E-state index in [1.54, 1.807) is 0 Å². The maximum absolute atomic E-state index is 11.7. The van der Waals surface area contributed by atoms with Crippen LogP contribution in [0, 0.1) is 0 Å². The molecule has 0 aromatic rings. The molecule has 0 aromatic carbocycles. The van der Waals surface area contributed by atoms with Crippen LogP contribution in [0.1, 0.15) is 25.7 Å². The van der Waals surface area contributed by atoms with Crippen LogP contribution in [0.2, 0.25) is 0 Å². The highest BCUT2D eigenvalue weighted by Gasteiger charge is 2.26. The predicted molar refractivity (Wildman–Crippen MR) is 56.6 cm³/mol. The van der Waals surface area contributed by atoms with Gasteiger partial charge in [0.1, 0.15) is 0 Å². The van der Waals surface area contributed by atoms with Gasteiger partial charge in [-0.3, -0.25) is 4.79 Å². The van der Waals surface area contributed by atoms with Crippen LogP contribution in [0.5, 0.6) is 0 Å².